The van der Waals surface area contributed by atoms with Crippen LogP contribution in [0.2, 0.25) is 0 Å². The molecule has 3 aromatic rings. The highest BCUT2D eigenvalue weighted by Crippen LogP contribution is 2.31. The van der Waals surface area contributed by atoms with Crippen LogP contribution in [0.15, 0.2) is 72.3 Å². The van der Waals surface area contributed by atoms with Gasteiger partial charge in [-0.1, -0.05) is 24.3 Å². The van der Waals surface area contributed by atoms with Crippen molar-refractivity contribution < 1.29 is 23.7 Å². The van der Waals surface area contributed by atoms with Gasteiger partial charge >= 0.3 is 0 Å². The number of carbonyl (C=O) groups excluding carboxylic acids is 1. The maximum Gasteiger partial charge on any atom is 0.268 e. The number of methoxy groups -OCH3 is 2. The van der Waals surface area contributed by atoms with Gasteiger partial charge in [-0.2, -0.15) is 5.26 Å². The Morgan fingerprint density at radius 1 is 0.943 bits per heavy atom. The molecule has 0 bridgehead atoms. The van der Waals surface area contributed by atoms with Crippen molar-refractivity contribution in [2.75, 3.05) is 38.9 Å². The molecular weight excluding hydrogens is 444 g/mol. The number of ether oxygens (including phenoxy) is 4. The Morgan fingerprint density at radius 2 is 1.69 bits per heavy atom. The minimum Gasteiger partial charge on any atom is -0.497 e. The highest BCUT2D eigenvalue weighted by Gasteiger charge is 2.26. The third kappa shape index (κ3) is 5.56. The van der Waals surface area contributed by atoms with Crippen LogP contribution in [0.5, 0.6) is 23.0 Å². The topological polar surface area (TPSA) is 81.0 Å². The van der Waals surface area contributed by atoms with Crippen LogP contribution in [0, 0.1) is 11.3 Å². The van der Waals surface area contributed by atoms with Gasteiger partial charge in [0.25, 0.3) is 5.91 Å². The molecule has 178 valence electrons. The molecule has 0 fully saturated rings. The maximum absolute atomic E-state index is 13.1. The van der Waals surface area contributed by atoms with Gasteiger partial charge in [0, 0.05) is 12.2 Å². The van der Waals surface area contributed by atoms with E-state index in [9.17, 15) is 10.1 Å². The summed E-state index contributed by atoms with van der Waals surface area (Å²) in [6.07, 6.45) is 2.35. The van der Waals surface area contributed by atoms with Crippen LogP contribution in [-0.4, -0.2) is 39.9 Å². The molecule has 1 aliphatic rings. The summed E-state index contributed by atoms with van der Waals surface area (Å²) in [4.78, 5) is 14.7. The SMILES string of the molecule is COc1ccc(OCCOc2ccc(/C=C(\C#N)C(=O)N3CCc4ccccc43)cc2OC)cc1. The summed E-state index contributed by atoms with van der Waals surface area (Å²) in [7, 11) is 3.16. The Balaban J connectivity index is 1.40. The number of hydrogen-bond donors (Lipinski definition) is 0. The van der Waals surface area contributed by atoms with E-state index in [1.165, 1.54) is 0 Å². The van der Waals surface area contributed by atoms with E-state index >= 15 is 0 Å². The summed E-state index contributed by atoms with van der Waals surface area (Å²) < 4.78 is 22.1. The van der Waals surface area contributed by atoms with Gasteiger partial charge in [0.05, 0.1) is 14.2 Å². The van der Waals surface area contributed by atoms with Crippen LogP contribution in [0.25, 0.3) is 6.08 Å². The molecule has 35 heavy (non-hydrogen) atoms. The first kappa shape index (κ1) is 23.7. The summed E-state index contributed by atoms with van der Waals surface area (Å²) in [6.45, 7) is 1.22. The number of hydrogen-bond acceptors (Lipinski definition) is 6. The summed E-state index contributed by atoms with van der Waals surface area (Å²) in [5.41, 5.74) is 2.69. The second-order valence-corrected chi connectivity index (χ2v) is 7.79. The Kier molecular flexibility index (Phi) is 7.53. The molecule has 1 aliphatic heterocycles. The fourth-order valence-electron chi connectivity index (χ4n) is 3.88. The molecule has 3 aromatic carbocycles. The molecule has 1 amide bonds. The van der Waals surface area contributed by atoms with Gasteiger partial charge in [-0.05, 0) is 66.1 Å². The molecule has 0 saturated carbocycles. The zero-order valence-electron chi connectivity index (χ0n) is 19.7. The Bertz CT molecular complexity index is 1260. The van der Waals surface area contributed by atoms with E-state index in [2.05, 4.69) is 0 Å². The van der Waals surface area contributed by atoms with Crippen LogP contribution in [0.4, 0.5) is 5.69 Å². The zero-order chi connectivity index (χ0) is 24.6. The standard InChI is InChI=1S/C28H26N2O5/c1-32-23-8-10-24(11-9-23)34-15-16-35-26-12-7-20(18-27(26)33-2)17-22(19-29)28(31)30-14-13-21-5-3-4-6-25(21)30/h3-12,17-18H,13-16H2,1-2H3/b22-17+. The monoisotopic (exact) mass is 470 g/mol. The molecule has 0 aromatic heterocycles. The Hall–Kier alpha value is -4.44. The predicted molar refractivity (Wildman–Crippen MR) is 133 cm³/mol. The van der Waals surface area contributed by atoms with Crippen LogP contribution in [0.3, 0.4) is 0 Å². The van der Waals surface area contributed by atoms with Gasteiger partial charge < -0.3 is 23.8 Å². The van der Waals surface area contributed by atoms with E-state index in [1.54, 1.807) is 43.4 Å². The molecule has 0 spiro atoms. The van der Waals surface area contributed by atoms with Crippen molar-refractivity contribution in [3.05, 3.63) is 83.4 Å². The summed E-state index contributed by atoms with van der Waals surface area (Å²) >= 11 is 0. The number of nitrogens with zero attached hydrogens (tertiary/aromatic N) is 2. The quantitative estimate of drug-likeness (QED) is 0.257. The third-order valence-electron chi connectivity index (χ3n) is 5.65. The number of rotatable bonds is 9. The summed E-state index contributed by atoms with van der Waals surface area (Å²) in [5, 5.41) is 9.67. The number of amides is 1. The van der Waals surface area contributed by atoms with E-state index in [0.29, 0.717) is 36.8 Å². The largest absolute Gasteiger partial charge is 0.497 e. The van der Waals surface area contributed by atoms with Crippen molar-refractivity contribution in [2.24, 2.45) is 0 Å². The fourth-order valence-corrected chi connectivity index (χ4v) is 3.88. The van der Waals surface area contributed by atoms with E-state index in [0.717, 1.165) is 29.2 Å². The van der Waals surface area contributed by atoms with Crippen molar-refractivity contribution in [1.82, 2.24) is 0 Å². The number of nitriles is 1. The lowest BCUT2D eigenvalue weighted by Gasteiger charge is -2.16. The molecule has 0 saturated heterocycles. The summed E-state index contributed by atoms with van der Waals surface area (Å²) in [6, 6.07) is 22.4. The molecular formula is C28H26N2O5. The highest BCUT2D eigenvalue weighted by molar-refractivity contribution is 6.12. The van der Waals surface area contributed by atoms with Gasteiger partial charge in [-0.15, -0.1) is 0 Å². The van der Waals surface area contributed by atoms with E-state index < -0.39 is 0 Å². The second-order valence-electron chi connectivity index (χ2n) is 7.79. The lowest BCUT2D eigenvalue weighted by molar-refractivity contribution is -0.114. The van der Waals surface area contributed by atoms with Gasteiger partial charge in [0.2, 0.25) is 0 Å². The molecule has 0 atom stereocenters. The molecule has 7 heteroatoms. The zero-order valence-corrected chi connectivity index (χ0v) is 19.7. The fraction of sp³-hybridized carbons (Fsp3) is 0.214. The first-order valence-corrected chi connectivity index (χ1v) is 11.2. The average Bonchev–Trinajstić information content (AvgIpc) is 3.34. The smallest absolute Gasteiger partial charge is 0.268 e. The van der Waals surface area contributed by atoms with Gasteiger partial charge in [-0.3, -0.25) is 4.79 Å². The highest BCUT2D eigenvalue weighted by atomic mass is 16.5. The molecule has 0 aliphatic carbocycles. The van der Waals surface area contributed by atoms with Crippen LogP contribution < -0.4 is 23.8 Å². The Labute approximate surface area is 204 Å². The second kappa shape index (κ2) is 11.1. The van der Waals surface area contributed by atoms with Crippen molar-refractivity contribution >= 4 is 17.7 Å². The predicted octanol–water partition coefficient (Wildman–Crippen LogP) is 4.66. The van der Waals surface area contributed by atoms with Crippen LogP contribution in [-0.2, 0) is 11.2 Å². The Morgan fingerprint density at radius 3 is 2.43 bits per heavy atom. The van der Waals surface area contributed by atoms with Crippen molar-refractivity contribution in [3.8, 4) is 29.1 Å². The summed E-state index contributed by atoms with van der Waals surface area (Å²) in [5.74, 6) is 2.21. The van der Waals surface area contributed by atoms with Crippen LogP contribution >= 0.6 is 0 Å². The number of para-hydroxylation sites is 1. The minimum atomic E-state index is -0.313. The maximum atomic E-state index is 13.1. The van der Waals surface area contributed by atoms with Gasteiger partial charge in [0.1, 0.15) is 36.4 Å². The average molecular weight is 471 g/mol. The normalized spacial score (nSPS) is 12.5. The minimum absolute atomic E-state index is 0.0605. The third-order valence-corrected chi connectivity index (χ3v) is 5.65. The van der Waals surface area contributed by atoms with E-state index in [1.807, 2.05) is 54.6 Å². The lowest BCUT2D eigenvalue weighted by Crippen LogP contribution is -2.29. The van der Waals surface area contributed by atoms with E-state index in [-0.39, 0.29) is 11.5 Å². The first-order chi connectivity index (χ1) is 17.1. The van der Waals surface area contributed by atoms with Crippen molar-refractivity contribution in [2.45, 2.75) is 6.42 Å². The number of benzene rings is 3. The molecule has 0 unspecified atom stereocenters. The van der Waals surface area contributed by atoms with Crippen molar-refractivity contribution in [1.29, 1.82) is 5.26 Å². The molecule has 0 N–H and O–H groups in total. The van der Waals surface area contributed by atoms with E-state index in [4.69, 9.17) is 18.9 Å². The molecule has 7 nitrogen and oxygen atoms in total. The molecule has 4 rings (SSSR count). The van der Waals surface area contributed by atoms with Gasteiger partial charge in [-0.25, -0.2) is 0 Å². The molecule has 0 radical (unpaired) electrons. The van der Waals surface area contributed by atoms with Crippen molar-refractivity contribution in [3.63, 3.8) is 0 Å². The first-order valence-electron chi connectivity index (χ1n) is 11.2. The van der Waals surface area contributed by atoms with Gasteiger partial charge in [0.15, 0.2) is 11.5 Å². The number of fused-ring (bicyclic) bond motifs is 1. The molecule has 1 heterocycles. The lowest BCUT2D eigenvalue weighted by atomic mass is 10.1. The van der Waals surface area contributed by atoms with Crippen LogP contribution in [0.1, 0.15) is 11.1 Å². The number of anilines is 1. The number of carbonyl (C=O) groups is 1.